The summed E-state index contributed by atoms with van der Waals surface area (Å²) in [6.07, 6.45) is 2.60. The lowest BCUT2D eigenvalue weighted by Gasteiger charge is -2.18. The molecule has 2 aromatic carbocycles. The van der Waals surface area contributed by atoms with Gasteiger partial charge in [0.2, 0.25) is 0 Å². The van der Waals surface area contributed by atoms with Gasteiger partial charge < -0.3 is 9.64 Å². The Kier molecular flexibility index (Phi) is 4.91. The maximum Gasteiger partial charge on any atom is 0.258 e. The molecule has 0 aliphatic rings. The third-order valence-electron chi connectivity index (χ3n) is 3.68. The highest BCUT2D eigenvalue weighted by Gasteiger charge is 2.15. The number of fused-ring (bicyclic) bond motifs is 1. The second-order valence-corrected chi connectivity index (χ2v) is 6.21. The average Bonchev–Trinajstić information content (AvgIpc) is 3.08. The van der Waals surface area contributed by atoms with Crippen LogP contribution in [0.2, 0.25) is 0 Å². The number of carbonyl (C=O) groups excluding carboxylic acids is 1. The number of hydrogen-bond donors (Lipinski definition) is 0. The van der Waals surface area contributed by atoms with Gasteiger partial charge in [0.25, 0.3) is 5.91 Å². The van der Waals surface area contributed by atoms with Crippen LogP contribution in [0.15, 0.2) is 60.6 Å². The number of carbonyl (C=O) groups is 1. The van der Waals surface area contributed by atoms with Crippen LogP contribution in [0.5, 0.6) is 5.75 Å². The zero-order valence-corrected chi connectivity index (χ0v) is 14.3. The van der Waals surface area contributed by atoms with Crippen LogP contribution in [0.4, 0.5) is 5.69 Å². The van der Waals surface area contributed by atoms with E-state index in [0.717, 1.165) is 28.1 Å². The number of benzene rings is 2. The Bertz CT molecular complexity index is 872. The molecule has 0 radical (unpaired) electrons. The summed E-state index contributed by atoms with van der Waals surface area (Å²) in [5.41, 5.74) is 4.14. The first kappa shape index (κ1) is 16.2. The van der Waals surface area contributed by atoms with Crippen LogP contribution in [0.1, 0.15) is 16.8 Å². The SMILES string of the molecule is C=CCCOc1cccc(N(C)C(=O)c2ccc3ncsc3c2)c1. The first-order chi connectivity index (χ1) is 11.7. The second kappa shape index (κ2) is 7.27. The van der Waals surface area contributed by atoms with Crippen LogP contribution in [0, 0.1) is 0 Å². The number of anilines is 1. The molecule has 3 rings (SSSR count). The van der Waals surface area contributed by atoms with Crippen LogP contribution in [0.25, 0.3) is 10.2 Å². The zero-order chi connectivity index (χ0) is 16.9. The lowest BCUT2D eigenvalue weighted by Crippen LogP contribution is -2.26. The molecule has 1 amide bonds. The normalized spacial score (nSPS) is 10.5. The number of rotatable bonds is 6. The van der Waals surface area contributed by atoms with E-state index in [2.05, 4.69) is 11.6 Å². The summed E-state index contributed by atoms with van der Waals surface area (Å²) in [5.74, 6) is 0.681. The molecule has 1 aromatic heterocycles. The molecule has 0 bridgehead atoms. The lowest BCUT2D eigenvalue weighted by atomic mass is 10.1. The van der Waals surface area contributed by atoms with Crippen molar-refractivity contribution < 1.29 is 9.53 Å². The van der Waals surface area contributed by atoms with Gasteiger partial charge in [-0.3, -0.25) is 4.79 Å². The van der Waals surface area contributed by atoms with Gasteiger partial charge in [0.1, 0.15) is 5.75 Å². The van der Waals surface area contributed by atoms with Gasteiger partial charge in [-0.1, -0.05) is 12.1 Å². The van der Waals surface area contributed by atoms with Crippen molar-refractivity contribution in [2.24, 2.45) is 0 Å². The van der Waals surface area contributed by atoms with E-state index < -0.39 is 0 Å². The lowest BCUT2D eigenvalue weighted by molar-refractivity contribution is 0.0993. The van der Waals surface area contributed by atoms with Crippen LogP contribution in [0.3, 0.4) is 0 Å². The molecule has 0 fully saturated rings. The van der Waals surface area contributed by atoms with Gasteiger partial charge in [0.15, 0.2) is 0 Å². The number of nitrogens with zero attached hydrogens (tertiary/aromatic N) is 2. The van der Waals surface area contributed by atoms with E-state index in [9.17, 15) is 4.79 Å². The average molecular weight is 338 g/mol. The standard InChI is InChI=1S/C19H18N2O2S/c1-3-4-10-23-16-7-5-6-15(12-16)21(2)19(22)14-8-9-17-18(11-14)24-13-20-17/h3,5-9,11-13H,1,4,10H2,2H3. The van der Waals surface area contributed by atoms with Crippen molar-refractivity contribution in [1.82, 2.24) is 4.98 Å². The number of ether oxygens (including phenoxy) is 1. The summed E-state index contributed by atoms with van der Waals surface area (Å²) in [4.78, 5) is 18.6. The molecule has 0 saturated heterocycles. The van der Waals surface area contributed by atoms with Crippen molar-refractivity contribution in [3.05, 3.63) is 66.2 Å². The molecule has 0 unspecified atom stereocenters. The first-order valence-corrected chi connectivity index (χ1v) is 8.52. The van der Waals surface area contributed by atoms with Crippen molar-refractivity contribution in [3.8, 4) is 5.75 Å². The van der Waals surface area contributed by atoms with Crippen LogP contribution in [-0.2, 0) is 0 Å². The molecule has 0 N–H and O–H groups in total. The Morgan fingerprint density at radius 2 is 2.21 bits per heavy atom. The fourth-order valence-corrected chi connectivity index (χ4v) is 3.06. The number of aromatic nitrogens is 1. The summed E-state index contributed by atoms with van der Waals surface area (Å²) in [5, 5.41) is 0. The van der Waals surface area contributed by atoms with Gasteiger partial charge in [-0.2, -0.15) is 0 Å². The Morgan fingerprint density at radius 3 is 3.04 bits per heavy atom. The molecule has 122 valence electrons. The highest BCUT2D eigenvalue weighted by atomic mass is 32.1. The minimum Gasteiger partial charge on any atom is -0.493 e. The van der Waals surface area contributed by atoms with Gasteiger partial charge in [-0.05, 0) is 36.8 Å². The van der Waals surface area contributed by atoms with Crippen molar-refractivity contribution in [3.63, 3.8) is 0 Å². The zero-order valence-electron chi connectivity index (χ0n) is 13.4. The predicted octanol–water partition coefficient (Wildman–Crippen LogP) is 4.53. The summed E-state index contributed by atoms with van der Waals surface area (Å²) >= 11 is 1.53. The smallest absolute Gasteiger partial charge is 0.258 e. The van der Waals surface area contributed by atoms with Gasteiger partial charge in [0.05, 0.1) is 22.3 Å². The molecule has 24 heavy (non-hydrogen) atoms. The molecule has 1 heterocycles. The van der Waals surface area contributed by atoms with Crippen LogP contribution >= 0.6 is 11.3 Å². The van der Waals surface area contributed by atoms with E-state index in [0.29, 0.717) is 12.2 Å². The van der Waals surface area contributed by atoms with Crippen molar-refractivity contribution in [1.29, 1.82) is 0 Å². The third-order valence-corrected chi connectivity index (χ3v) is 4.47. The summed E-state index contributed by atoms with van der Waals surface area (Å²) < 4.78 is 6.66. The van der Waals surface area contributed by atoms with E-state index in [-0.39, 0.29) is 5.91 Å². The maximum atomic E-state index is 12.7. The minimum atomic E-state index is -0.0615. The number of hydrogen-bond acceptors (Lipinski definition) is 4. The highest BCUT2D eigenvalue weighted by molar-refractivity contribution is 7.16. The summed E-state index contributed by atoms with van der Waals surface area (Å²) in [6.45, 7) is 4.25. The molecular formula is C19H18N2O2S. The topological polar surface area (TPSA) is 42.4 Å². The molecule has 5 heteroatoms. The van der Waals surface area contributed by atoms with Crippen molar-refractivity contribution in [2.45, 2.75) is 6.42 Å². The molecular weight excluding hydrogens is 320 g/mol. The Morgan fingerprint density at radius 1 is 1.33 bits per heavy atom. The van der Waals surface area contributed by atoms with Crippen LogP contribution in [-0.4, -0.2) is 24.5 Å². The molecule has 4 nitrogen and oxygen atoms in total. The second-order valence-electron chi connectivity index (χ2n) is 5.32. The van der Waals surface area contributed by atoms with Gasteiger partial charge in [-0.25, -0.2) is 4.98 Å². The molecule has 0 aliphatic heterocycles. The molecule has 0 aliphatic carbocycles. The first-order valence-electron chi connectivity index (χ1n) is 7.64. The fraction of sp³-hybridized carbons (Fsp3) is 0.158. The van der Waals surface area contributed by atoms with Gasteiger partial charge >= 0.3 is 0 Å². The fourth-order valence-electron chi connectivity index (χ4n) is 2.34. The third kappa shape index (κ3) is 3.46. The van der Waals surface area contributed by atoms with Crippen molar-refractivity contribution >= 4 is 33.1 Å². The van der Waals surface area contributed by atoms with Crippen LogP contribution < -0.4 is 9.64 Å². The largest absolute Gasteiger partial charge is 0.493 e. The van der Waals surface area contributed by atoms with E-state index in [1.54, 1.807) is 17.5 Å². The molecule has 0 saturated carbocycles. The molecule has 3 aromatic rings. The number of thiazole rings is 1. The van der Waals surface area contributed by atoms with Crippen molar-refractivity contribution in [2.75, 3.05) is 18.6 Å². The molecule has 0 spiro atoms. The summed E-state index contributed by atoms with van der Waals surface area (Å²) in [7, 11) is 1.77. The van der Waals surface area contributed by atoms with E-state index >= 15 is 0 Å². The highest BCUT2D eigenvalue weighted by Crippen LogP contribution is 2.24. The maximum absolute atomic E-state index is 12.7. The van der Waals surface area contributed by atoms with E-state index in [4.69, 9.17) is 4.74 Å². The number of amides is 1. The van der Waals surface area contributed by atoms with Gasteiger partial charge in [-0.15, -0.1) is 17.9 Å². The Labute approximate surface area is 145 Å². The van der Waals surface area contributed by atoms with Gasteiger partial charge in [0, 0.05) is 24.4 Å². The van der Waals surface area contributed by atoms with E-state index in [1.165, 1.54) is 11.3 Å². The molecule has 0 atom stereocenters. The predicted molar refractivity (Wildman–Crippen MR) is 99.1 cm³/mol. The Balaban J connectivity index is 1.79. The Hall–Kier alpha value is -2.66. The quantitative estimate of drug-likeness (QED) is 0.490. The monoisotopic (exact) mass is 338 g/mol. The summed E-state index contributed by atoms with van der Waals surface area (Å²) in [6, 6.07) is 13.1. The van der Waals surface area contributed by atoms with E-state index in [1.807, 2.05) is 48.5 Å². The minimum absolute atomic E-state index is 0.0615.